The van der Waals surface area contributed by atoms with Crippen LogP contribution in [0.2, 0.25) is 0 Å². The smallest absolute Gasteiger partial charge is 0.326 e. The third-order valence-electron chi connectivity index (χ3n) is 1.99. The molecule has 1 amide bonds. The third kappa shape index (κ3) is 5.38. The van der Waals surface area contributed by atoms with E-state index in [1.807, 2.05) is 0 Å². The zero-order valence-corrected chi connectivity index (χ0v) is 11.1. The predicted octanol–water partition coefficient (Wildman–Crippen LogP) is 1.10. The Morgan fingerprint density at radius 1 is 1.37 bits per heavy atom. The van der Waals surface area contributed by atoms with Gasteiger partial charge in [-0.25, -0.2) is 4.79 Å². The van der Waals surface area contributed by atoms with Crippen molar-refractivity contribution in [1.82, 2.24) is 5.32 Å². The largest absolute Gasteiger partial charge is 0.481 e. The Kier molecular flexibility index (Phi) is 5.31. The van der Waals surface area contributed by atoms with Gasteiger partial charge < -0.3 is 19.9 Å². The van der Waals surface area contributed by atoms with Crippen LogP contribution in [0.5, 0.6) is 0 Å². The van der Waals surface area contributed by atoms with Crippen molar-refractivity contribution in [2.75, 3.05) is 0 Å². The van der Waals surface area contributed by atoms with Crippen molar-refractivity contribution in [3.05, 3.63) is 28.6 Å². The maximum atomic E-state index is 11.4. The lowest BCUT2D eigenvalue weighted by atomic mass is 10.2. The average Bonchev–Trinajstić information content (AvgIpc) is 2.71. The van der Waals surface area contributed by atoms with Gasteiger partial charge in [0.2, 0.25) is 5.91 Å². The first-order valence-electron chi connectivity index (χ1n) is 5.07. The summed E-state index contributed by atoms with van der Waals surface area (Å²) in [4.78, 5) is 32.6. The molecule has 0 saturated heterocycles. The van der Waals surface area contributed by atoms with Gasteiger partial charge in [-0.2, -0.15) is 0 Å². The van der Waals surface area contributed by atoms with E-state index in [9.17, 15) is 14.4 Å². The Morgan fingerprint density at radius 2 is 2.05 bits per heavy atom. The summed E-state index contributed by atoms with van der Waals surface area (Å²) in [5.41, 5.74) is 0. The fourth-order valence-corrected chi connectivity index (χ4v) is 1.49. The minimum Gasteiger partial charge on any atom is -0.481 e. The predicted molar refractivity (Wildman–Crippen MR) is 67.3 cm³/mol. The zero-order chi connectivity index (χ0) is 14.4. The third-order valence-corrected chi connectivity index (χ3v) is 2.41. The van der Waals surface area contributed by atoms with Crippen molar-refractivity contribution >= 4 is 39.9 Å². The highest BCUT2D eigenvalue weighted by atomic mass is 79.9. The number of halogens is 1. The molecule has 102 valence electrons. The molecule has 8 heteroatoms. The van der Waals surface area contributed by atoms with Crippen molar-refractivity contribution < 1.29 is 29.0 Å². The number of nitrogens with one attached hydrogen (secondary N) is 1. The van der Waals surface area contributed by atoms with Gasteiger partial charge in [-0.15, -0.1) is 0 Å². The molecule has 0 aliphatic carbocycles. The van der Waals surface area contributed by atoms with E-state index in [1.165, 1.54) is 6.08 Å². The Morgan fingerprint density at radius 3 is 2.53 bits per heavy atom. The molecule has 0 fully saturated rings. The molecule has 1 heterocycles. The number of carbonyl (C=O) groups is 3. The number of aliphatic carboxylic acids is 2. The van der Waals surface area contributed by atoms with Crippen LogP contribution in [0.1, 0.15) is 12.2 Å². The first-order chi connectivity index (χ1) is 8.88. The number of amides is 1. The van der Waals surface area contributed by atoms with E-state index in [0.717, 1.165) is 6.08 Å². The van der Waals surface area contributed by atoms with Gasteiger partial charge in [-0.3, -0.25) is 9.59 Å². The molecule has 0 unspecified atom stereocenters. The molecule has 0 aliphatic rings. The molecule has 0 aliphatic heterocycles. The van der Waals surface area contributed by atoms with Gasteiger partial charge in [0.15, 0.2) is 4.67 Å². The molecular formula is C11H10BrNO6. The Hall–Kier alpha value is -2.09. The first kappa shape index (κ1) is 15.0. The lowest BCUT2D eigenvalue weighted by molar-refractivity contribution is -0.146. The van der Waals surface area contributed by atoms with E-state index in [1.54, 1.807) is 12.1 Å². The fourth-order valence-electron chi connectivity index (χ4n) is 1.17. The van der Waals surface area contributed by atoms with Crippen LogP contribution < -0.4 is 5.32 Å². The number of rotatable bonds is 6. The van der Waals surface area contributed by atoms with Crippen LogP contribution >= 0.6 is 15.9 Å². The van der Waals surface area contributed by atoms with E-state index in [-0.39, 0.29) is 0 Å². The molecule has 3 N–H and O–H groups in total. The number of hydrogen-bond donors (Lipinski definition) is 3. The minimum absolute atomic E-state index is 0.395. The molecule has 0 saturated carbocycles. The van der Waals surface area contributed by atoms with Gasteiger partial charge in [0.25, 0.3) is 0 Å². The van der Waals surface area contributed by atoms with E-state index in [0.29, 0.717) is 10.4 Å². The highest BCUT2D eigenvalue weighted by molar-refractivity contribution is 9.10. The molecule has 1 atom stereocenters. The molecule has 0 spiro atoms. The van der Waals surface area contributed by atoms with E-state index < -0.39 is 30.3 Å². The normalized spacial score (nSPS) is 12.3. The van der Waals surface area contributed by atoms with Crippen LogP contribution in [0.15, 0.2) is 27.3 Å². The van der Waals surface area contributed by atoms with E-state index >= 15 is 0 Å². The molecule has 1 aromatic rings. The summed E-state index contributed by atoms with van der Waals surface area (Å²) in [7, 11) is 0. The van der Waals surface area contributed by atoms with Crippen molar-refractivity contribution in [3.8, 4) is 0 Å². The Balaban J connectivity index is 2.60. The summed E-state index contributed by atoms with van der Waals surface area (Å²) >= 11 is 3.08. The van der Waals surface area contributed by atoms with Crippen molar-refractivity contribution in [1.29, 1.82) is 0 Å². The maximum absolute atomic E-state index is 11.4. The summed E-state index contributed by atoms with van der Waals surface area (Å²) < 4.78 is 5.58. The Labute approximate surface area is 116 Å². The van der Waals surface area contributed by atoms with Crippen LogP contribution in [0.3, 0.4) is 0 Å². The Bertz CT molecular complexity index is 521. The summed E-state index contributed by atoms with van der Waals surface area (Å²) in [5.74, 6) is -3.05. The number of carboxylic acids is 2. The van der Waals surface area contributed by atoms with Crippen molar-refractivity contribution in [2.24, 2.45) is 0 Å². The van der Waals surface area contributed by atoms with Crippen LogP contribution in [-0.2, 0) is 14.4 Å². The van der Waals surface area contributed by atoms with Crippen LogP contribution in [-0.4, -0.2) is 34.1 Å². The lowest BCUT2D eigenvalue weighted by Gasteiger charge is -2.10. The van der Waals surface area contributed by atoms with Crippen LogP contribution in [0.4, 0.5) is 0 Å². The molecule has 19 heavy (non-hydrogen) atoms. The van der Waals surface area contributed by atoms with Gasteiger partial charge in [0.1, 0.15) is 11.8 Å². The summed E-state index contributed by atoms with van der Waals surface area (Å²) in [5, 5.41) is 19.3. The molecule has 0 aromatic carbocycles. The number of furan rings is 1. The van der Waals surface area contributed by atoms with Gasteiger partial charge in [0, 0.05) is 6.08 Å². The van der Waals surface area contributed by atoms with Crippen LogP contribution in [0.25, 0.3) is 6.08 Å². The quantitative estimate of drug-likeness (QED) is 0.672. The monoisotopic (exact) mass is 331 g/mol. The molecule has 0 bridgehead atoms. The number of carboxylic acid groups (broad SMARTS) is 2. The number of hydrogen-bond acceptors (Lipinski definition) is 4. The summed E-state index contributed by atoms with van der Waals surface area (Å²) in [6, 6.07) is 1.75. The van der Waals surface area contributed by atoms with Gasteiger partial charge >= 0.3 is 11.9 Å². The number of carbonyl (C=O) groups excluding carboxylic acids is 1. The van der Waals surface area contributed by atoms with Gasteiger partial charge in [0.05, 0.1) is 6.42 Å². The molecule has 1 aromatic heterocycles. The van der Waals surface area contributed by atoms with Crippen molar-refractivity contribution in [3.63, 3.8) is 0 Å². The highest BCUT2D eigenvalue weighted by Crippen LogP contribution is 2.14. The molecule has 1 rings (SSSR count). The SMILES string of the molecule is O=C(O)C[C@@H](NC(=O)/C=C/c1ccc(Br)o1)C(=O)O. The lowest BCUT2D eigenvalue weighted by Crippen LogP contribution is -2.41. The van der Waals surface area contributed by atoms with Gasteiger partial charge in [-0.1, -0.05) is 0 Å². The minimum atomic E-state index is -1.47. The average molecular weight is 332 g/mol. The van der Waals surface area contributed by atoms with Crippen molar-refractivity contribution in [2.45, 2.75) is 12.5 Å². The zero-order valence-electron chi connectivity index (χ0n) is 9.50. The van der Waals surface area contributed by atoms with E-state index in [2.05, 4.69) is 21.2 Å². The second-order valence-corrected chi connectivity index (χ2v) is 4.25. The fraction of sp³-hybridized carbons (Fsp3) is 0.182. The van der Waals surface area contributed by atoms with Crippen LogP contribution in [0, 0.1) is 0 Å². The topological polar surface area (TPSA) is 117 Å². The van der Waals surface area contributed by atoms with E-state index in [4.69, 9.17) is 14.6 Å². The molecule has 0 radical (unpaired) electrons. The summed E-state index contributed by atoms with van der Waals surface area (Å²) in [6.07, 6.45) is 1.70. The standard InChI is InChI=1S/C11H10BrNO6/c12-8-3-1-6(19-8)2-4-9(14)13-7(11(17)18)5-10(15)16/h1-4,7H,5H2,(H,13,14)(H,15,16)(H,17,18)/b4-2+/t7-/m1/s1. The summed E-state index contributed by atoms with van der Waals surface area (Å²) in [6.45, 7) is 0. The second kappa shape index (κ2) is 6.74. The molecule has 7 nitrogen and oxygen atoms in total. The maximum Gasteiger partial charge on any atom is 0.326 e. The first-order valence-corrected chi connectivity index (χ1v) is 5.86. The second-order valence-electron chi connectivity index (χ2n) is 3.47. The molecular weight excluding hydrogens is 322 g/mol. The van der Waals surface area contributed by atoms with Gasteiger partial charge in [-0.05, 0) is 34.1 Å². The highest BCUT2D eigenvalue weighted by Gasteiger charge is 2.21.